The van der Waals surface area contributed by atoms with Gasteiger partial charge in [0.05, 0.1) is 37.4 Å². The largest absolute Gasteiger partial charge is 0.493 e. The zero-order valence-corrected chi connectivity index (χ0v) is 24.6. The van der Waals surface area contributed by atoms with Gasteiger partial charge in [-0.2, -0.15) is 0 Å². The lowest BCUT2D eigenvalue weighted by atomic mass is 10.1. The van der Waals surface area contributed by atoms with E-state index < -0.39 is 22.0 Å². The van der Waals surface area contributed by atoms with E-state index in [1.54, 1.807) is 57.5 Å². The fraction of sp³-hybridized carbons (Fsp3) is 0.333. The van der Waals surface area contributed by atoms with Crippen LogP contribution in [-0.2, 0) is 21.2 Å². The Labute approximate surface area is 236 Å². The van der Waals surface area contributed by atoms with Crippen LogP contribution in [0.5, 0.6) is 11.5 Å². The molecule has 2 N–H and O–H groups in total. The molecule has 0 heterocycles. The maximum atomic E-state index is 13.5. The van der Waals surface area contributed by atoms with Gasteiger partial charge in [0.2, 0.25) is 15.9 Å². The summed E-state index contributed by atoms with van der Waals surface area (Å²) < 4.78 is 37.4. The zero-order chi connectivity index (χ0) is 29.4. The lowest BCUT2D eigenvalue weighted by Gasteiger charge is -2.30. The molecule has 0 aliphatic heterocycles. The molecule has 0 saturated carbocycles. The highest BCUT2D eigenvalue weighted by atomic mass is 32.2. The molecule has 0 fully saturated rings. The quantitative estimate of drug-likeness (QED) is 0.334. The minimum atomic E-state index is -3.79. The molecule has 3 rings (SSSR count). The molecule has 1 atom stereocenters. The van der Waals surface area contributed by atoms with Gasteiger partial charge in [0, 0.05) is 6.54 Å². The number of aryl methyl sites for hydroxylation is 2. The van der Waals surface area contributed by atoms with Crippen LogP contribution < -0.4 is 24.4 Å². The van der Waals surface area contributed by atoms with Crippen molar-refractivity contribution in [3.63, 3.8) is 0 Å². The number of amides is 2. The SMILES string of the molecule is CCC(C(=O)Nc1ccccc1C(=O)NCCc1ccc(OC)c(OC)c1)N(c1ccc(C)c(C)c1)S(C)(=O)=O. The van der Waals surface area contributed by atoms with Crippen LogP contribution in [0.25, 0.3) is 0 Å². The smallest absolute Gasteiger partial charge is 0.253 e. The number of nitrogens with zero attached hydrogens (tertiary/aromatic N) is 1. The van der Waals surface area contributed by atoms with Crippen molar-refractivity contribution in [1.82, 2.24) is 5.32 Å². The van der Waals surface area contributed by atoms with Gasteiger partial charge >= 0.3 is 0 Å². The Morgan fingerprint density at radius 2 is 1.62 bits per heavy atom. The molecule has 1 unspecified atom stereocenters. The highest BCUT2D eigenvalue weighted by molar-refractivity contribution is 7.92. The summed E-state index contributed by atoms with van der Waals surface area (Å²) in [4.78, 5) is 26.5. The molecule has 2 amide bonds. The maximum absolute atomic E-state index is 13.5. The molecular weight excluding hydrogens is 530 g/mol. The van der Waals surface area contributed by atoms with Gasteiger partial charge in [0.25, 0.3) is 5.91 Å². The van der Waals surface area contributed by atoms with Crippen molar-refractivity contribution in [2.45, 2.75) is 39.7 Å². The van der Waals surface area contributed by atoms with E-state index in [-0.39, 0.29) is 17.9 Å². The Hall–Kier alpha value is -4.05. The third-order valence-electron chi connectivity index (χ3n) is 6.65. The van der Waals surface area contributed by atoms with E-state index in [1.807, 2.05) is 38.1 Å². The van der Waals surface area contributed by atoms with E-state index in [1.165, 1.54) is 0 Å². The second-order valence-corrected chi connectivity index (χ2v) is 11.3. The van der Waals surface area contributed by atoms with Crippen LogP contribution in [0, 0.1) is 13.8 Å². The Kier molecular flexibility index (Phi) is 10.2. The second kappa shape index (κ2) is 13.3. The van der Waals surface area contributed by atoms with Crippen molar-refractivity contribution in [1.29, 1.82) is 0 Å². The number of sulfonamides is 1. The normalized spacial score (nSPS) is 11.8. The van der Waals surface area contributed by atoms with E-state index in [4.69, 9.17) is 9.47 Å². The van der Waals surface area contributed by atoms with Gasteiger partial charge in [-0.05, 0) is 79.8 Å². The number of anilines is 2. The van der Waals surface area contributed by atoms with Crippen LogP contribution in [0.3, 0.4) is 0 Å². The number of hydrogen-bond donors (Lipinski definition) is 2. The number of hydrogen-bond acceptors (Lipinski definition) is 6. The van der Waals surface area contributed by atoms with Gasteiger partial charge in [-0.3, -0.25) is 13.9 Å². The van der Waals surface area contributed by atoms with Crippen LogP contribution in [0.4, 0.5) is 11.4 Å². The minimum absolute atomic E-state index is 0.228. The van der Waals surface area contributed by atoms with Crippen LogP contribution >= 0.6 is 0 Å². The number of carbonyl (C=O) groups is 2. The van der Waals surface area contributed by atoms with Gasteiger partial charge in [0.15, 0.2) is 11.5 Å². The first-order valence-corrected chi connectivity index (χ1v) is 14.8. The molecule has 9 nitrogen and oxygen atoms in total. The first-order chi connectivity index (χ1) is 19.0. The maximum Gasteiger partial charge on any atom is 0.253 e. The molecule has 3 aromatic carbocycles. The number of benzene rings is 3. The Morgan fingerprint density at radius 1 is 0.925 bits per heavy atom. The minimum Gasteiger partial charge on any atom is -0.493 e. The van der Waals surface area contributed by atoms with Crippen molar-refractivity contribution in [3.8, 4) is 11.5 Å². The first kappa shape index (κ1) is 30.5. The topological polar surface area (TPSA) is 114 Å². The number of ether oxygens (including phenoxy) is 2. The van der Waals surface area contributed by atoms with Gasteiger partial charge in [0.1, 0.15) is 6.04 Å². The Morgan fingerprint density at radius 3 is 2.25 bits per heavy atom. The predicted molar refractivity (Wildman–Crippen MR) is 158 cm³/mol. The highest BCUT2D eigenvalue weighted by Crippen LogP contribution is 2.28. The summed E-state index contributed by atoms with van der Waals surface area (Å²) in [5.41, 5.74) is 3.86. The van der Waals surface area contributed by atoms with E-state index in [9.17, 15) is 18.0 Å². The molecule has 0 saturated heterocycles. The molecule has 0 bridgehead atoms. The summed E-state index contributed by atoms with van der Waals surface area (Å²) in [6, 6.07) is 16.5. The summed E-state index contributed by atoms with van der Waals surface area (Å²) in [5.74, 6) is 0.335. The number of rotatable bonds is 12. The standard InChI is InChI=1S/C30H37N3O6S/c1-7-26(33(40(6,36)37)23-14-12-20(2)21(3)18-23)30(35)32-25-11-9-8-10-24(25)29(34)31-17-16-22-13-15-27(38-4)28(19-22)39-5/h8-15,18-19,26H,7,16-17H2,1-6H3,(H,31,34)(H,32,35). The third-order valence-corrected chi connectivity index (χ3v) is 7.83. The van der Waals surface area contributed by atoms with Crippen molar-refractivity contribution >= 4 is 33.2 Å². The van der Waals surface area contributed by atoms with E-state index >= 15 is 0 Å². The summed E-state index contributed by atoms with van der Waals surface area (Å²) in [6.07, 6.45) is 1.86. The average molecular weight is 568 g/mol. The molecule has 40 heavy (non-hydrogen) atoms. The molecule has 10 heteroatoms. The third kappa shape index (κ3) is 7.32. The molecule has 0 aromatic heterocycles. The van der Waals surface area contributed by atoms with Gasteiger partial charge in [-0.15, -0.1) is 0 Å². The Balaban J connectivity index is 1.77. The summed E-state index contributed by atoms with van der Waals surface area (Å²) >= 11 is 0. The highest BCUT2D eigenvalue weighted by Gasteiger charge is 2.32. The van der Waals surface area contributed by atoms with E-state index in [0.717, 1.165) is 27.3 Å². The summed E-state index contributed by atoms with van der Waals surface area (Å²) in [6.45, 7) is 5.92. The fourth-order valence-corrected chi connectivity index (χ4v) is 5.58. The van der Waals surface area contributed by atoms with Gasteiger partial charge in [-0.25, -0.2) is 8.42 Å². The average Bonchev–Trinajstić information content (AvgIpc) is 2.92. The number of carbonyl (C=O) groups excluding carboxylic acids is 2. The van der Waals surface area contributed by atoms with Crippen LogP contribution in [0.2, 0.25) is 0 Å². The summed E-state index contributed by atoms with van der Waals surface area (Å²) in [5, 5.41) is 5.68. The first-order valence-electron chi connectivity index (χ1n) is 13.0. The summed E-state index contributed by atoms with van der Waals surface area (Å²) in [7, 11) is -0.662. The Bertz CT molecular complexity index is 1470. The molecular formula is C30H37N3O6S. The molecule has 0 spiro atoms. The lowest BCUT2D eigenvalue weighted by molar-refractivity contribution is -0.117. The van der Waals surface area contributed by atoms with Crippen molar-refractivity contribution < 1.29 is 27.5 Å². The van der Waals surface area contributed by atoms with E-state index in [0.29, 0.717) is 35.8 Å². The second-order valence-electron chi connectivity index (χ2n) is 9.48. The number of nitrogens with one attached hydrogen (secondary N) is 2. The monoisotopic (exact) mass is 567 g/mol. The lowest BCUT2D eigenvalue weighted by Crippen LogP contribution is -2.47. The van der Waals surface area contributed by atoms with E-state index in [2.05, 4.69) is 10.6 Å². The predicted octanol–water partition coefficient (Wildman–Crippen LogP) is 4.48. The van der Waals surface area contributed by atoms with Crippen LogP contribution in [-0.4, -0.2) is 53.3 Å². The van der Waals surface area contributed by atoms with Crippen LogP contribution in [0.15, 0.2) is 60.7 Å². The molecule has 3 aromatic rings. The number of para-hydroxylation sites is 1. The fourth-order valence-electron chi connectivity index (χ4n) is 4.38. The van der Waals surface area contributed by atoms with Gasteiger partial charge < -0.3 is 20.1 Å². The van der Waals surface area contributed by atoms with Crippen molar-refractivity contribution in [3.05, 3.63) is 82.9 Å². The molecule has 214 valence electrons. The van der Waals surface area contributed by atoms with Crippen molar-refractivity contribution in [2.24, 2.45) is 0 Å². The van der Waals surface area contributed by atoms with Gasteiger partial charge in [-0.1, -0.05) is 31.2 Å². The zero-order valence-electron chi connectivity index (χ0n) is 23.8. The number of methoxy groups -OCH3 is 2. The molecule has 0 radical (unpaired) electrons. The molecule has 0 aliphatic rings. The molecule has 0 aliphatic carbocycles. The van der Waals surface area contributed by atoms with Crippen LogP contribution in [0.1, 0.15) is 40.4 Å². The van der Waals surface area contributed by atoms with Crippen molar-refractivity contribution in [2.75, 3.05) is 36.6 Å².